The fraction of sp³-hybridized carbons (Fsp3) is 1.00. The summed E-state index contributed by atoms with van der Waals surface area (Å²) in [4.78, 5) is 0. The van der Waals surface area contributed by atoms with Crippen LogP contribution in [0.4, 0.5) is 0 Å². The highest BCUT2D eigenvalue weighted by Crippen LogP contribution is 2.76. The Morgan fingerprint density at radius 3 is 2.46 bits per heavy atom. The van der Waals surface area contributed by atoms with Gasteiger partial charge in [0.1, 0.15) is 0 Å². The van der Waals surface area contributed by atoms with Crippen molar-refractivity contribution in [2.24, 2.45) is 28.4 Å². The van der Waals surface area contributed by atoms with Crippen LogP contribution in [0.3, 0.4) is 0 Å². The molecule has 2 fully saturated rings. The zero-order valence-electron chi connectivity index (χ0n) is 9.27. The van der Waals surface area contributed by atoms with Crippen molar-refractivity contribution in [2.75, 3.05) is 6.54 Å². The summed E-state index contributed by atoms with van der Waals surface area (Å²) in [5.74, 6) is 1.81. The molecule has 0 radical (unpaired) electrons. The first-order valence-corrected chi connectivity index (χ1v) is 5.78. The third kappa shape index (κ3) is 1.03. The van der Waals surface area contributed by atoms with Crippen molar-refractivity contribution in [3.63, 3.8) is 0 Å². The number of nitrogens with two attached hydrogens (primary N) is 1. The SMILES string of the molecule is CCC1CCC2(C1)C(CN)C2(C)C. The van der Waals surface area contributed by atoms with Gasteiger partial charge >= 0.3 is 0 Å². The standard InChI is InChI=1S/C12H23N/c1-4-9-5-6-12(7-9)10(8-13)11(12,2)3/h9-10H,4-8,13H2,1-3H3. The molecule has 2 aliphatic carbocycles. The Balaban J connectivity index is 2.09. The monoisotopic (exact) mass is 181 g/mol. The molecule has 1 heteroatoms. The minimum atomic E-state index is 0.547. The van der Waals surface area contributed by atoms with Gasteiger partial charge in [-0.25, -0.2) is 0 Å². The summed E-state index contributed by atoms with van der Waals surface area (Å²) in [5.41, 5.74) is 7.05. The van der Waals surface area contributed by atoms with E-state index in [4.69, 9.17) is 5.73 Å². The molecule has 0 bridgehead atoms. The van der Waals surface area contributed by atoms with Crippen LogP contribution in [-0.4, -0.2) is 6.54 Å². The topological polar surface area (TPSA) is 26.0 Å². The van der Waals surface area contributed by atoms with Gasteiger partial charge in [0.25, 0.3) is 0 Å². The fourth-order valence-corrected chi connectivity index (χ4v) is 4.01. The molecule has 2 rings (SSSR count). The van der Waals surface area contributed by atoms with E-state index in [0.29, 0.717) is 10.8 Å². The van der Waals surface area contributed by atoms with E-state index in [1.807, 2.05) is 0 Å². The predicted molar refractivity (Wildman–Crippen MR) is 56.4 cm³/mol. The van der Waals surface area contributed by atoms with Crippen LogP contribution in [0.5, 0.6) is 0 Å². The third-order valence-electron chi connectivity index (χ3n) is 5.20. The van der Waals surface area contributed by atoms with Gasteiger partial charge in [0.2, 0.25) is 0 Å². The number of hydrogen-bond donors (Lipinski definition) is 1. The molecule has 2 N–H and O–H groups in total. The fourth-order valence-electron chi connectivity index (χ4n) is 4.01. The largest absolute Gasteiger partial charge is 0.330 e. The summed E-state index contributed by atoms with van der Waals surface area (Å²) in [6, 6.07) is 0. The van der Waals surface area contributed by atoms with Gasteiger partial charge in [0, 0.05) is 0 Å². The molecule has 0 aromatic rings. The Hall–Kier alpha value is -0.0400. The lowest BCUT2D eigenvalue weighted by Crippen LogP contribution is -2.08. The van der Waals surface area contributed by atoms with Crippen LogP contribution in [0.25, 0.3) is 0 Å². The van der Waals surface area contributed by atoms with E-state index in [9.17, 15) is 0 Å². The minimum absolute atomic E-state index is 0.547. The summed E-state index contributed by atoms with van der Waals surface area (Å²) >= 11 is 0. The van der Waals surface area contributed by atoms with Gasteiger partial charge < -0.3 is 5.73 Å². The van der Waals surface area contributed by atoms with Crippen LogP contribution in [0.1, 0.15) is 46.5 Å². The van der Waals surface area contributed by atoms with Crippen molar-refractivity contribution in [2.45, 2.75) is 46.5 Å². The number of hydrogen-bond acceptors (Lipinski definition) is 1. The van der Waals surface area contributed by atoms with Crippen LogP contribution in [0, 0.1) is 22.7 Å². The van der Waals surface area contributed by atoms with Gasteiger partial charge in [0.05, 0.1) is 0 Å². The Morgan fingerprint density at radius 1 is 1.38 bits per heavy atom. The summed E-state index contributed by atoms with van der Waals surface area (Å²) in [6.07, 6.45) is 5.73. The maximum atomic E-state index is 5.85. The van der Waals surface area contributed by atoms with E-state index in [-0.39, 0.29) is 0 Å². The first-order valence-electron chi connectivity index (χ1n) is 5.78. The molecule has 3 atom stereocenters. The van der Waals surface area contributed by atoms with Gasteiger partial charge in [-0.15, -0.1) is 0 Å². The van der Waals surface area contributed by atoms with E-state index in [1.165, 1.54) is 25.7 Å². The second-order valence-corrected chi connectivity index (χ2v) is 5.68. The zero-order chi connectivity index (χ0) is 9.69. The van der Waals surface area contributed by atoms with E-state index < -0.39 is 0 Å². The highest BCUT2D eigenvalue weighted by atomic mass is 14.8. The van der Waals surface area contributed by atoms with E-state index >= 15 is 0 Å². The quantitative estimate of drug-likeness (QED) is 0.696. The molecular formula is C12H23N. The Bertz CT molecular complexity index is 209. The van der Waals surface area contributed by atoms with E-state index in [2.05, 4.69) is 20.8 Å². The van der Waals surface area contributed by atoms with Gasteiger partial charge in [-0.1, -0.05) is 27.2 Å². The average molecular weight is 181 g/mol. The lowest BCUT2D eigenvalue weighted by molar-refractivity contribution is 0.370. The lowest BCUT2D eigenvalue weighted by Gasteiger charge is -2.12. The van der Waals surface area contributed by atoms with Crippen LogP contribution in [0.2, 0.25) is 0 Å². The Morgan fingerprint density at radius 2 is 2.08 bits per heavy atom. The van der Waals surface area contributed by atoms with Crippen LogP contribution < -0.4 is 5.73 Å². The van der Waals surface area contributed by atoms with E-state index in [0.717, 1.165) is 18.4 Å². The summed E-state index contributed by atoms with van der Waals surface area (Å²) in [7, 11) is 0. The zero-order valence-corrected chi connectivity index (χ0v) is 9.27. The maximum absolute atomic E-state index is 5.85. The molecule has 0 aromatic heterocycles. The van der Waals surface area contributed by atoms with Crippen molar-refractivity contribution in [3.05, 3.63) is 0 Å². The first kappa shape index (κ1) is 9.51. The third-order valence-corrected chi connectivity index (χ3v) is 5.20. The van der Waals surface area contributed by atoms with Gasteiger partial charge in [-0.05, 0) is 48.5 Å². The molecular weight excluding hydrogens is 158 g/mol. The molecule has 0 saturated heterocycles. The molecule has 3 unspecified atom stereocenters. The molecule has 0 aliphatic heterocycles. The molecule has 76 valence electrons. The summed E-state index contributed by atoms with van der Waals surface area (Å²) in [6.45, 7) is 8.07. The van der Waals surface area contributed by atoms with Gasteiger partial charge in [-0.2, -0.15) is 0 Å². The molecule has 0 aromatic carbocycles. The second-order valence-electron chi connectivity index (χ2n) is 5.68. The van der Waals surface area contributed by atoms with Crippen molar-refractivity contribution in [3.8, 4) is 0 Å². The smallest absolute Gasteiger partial charge is 0.00380 e. The Labute approximate surface area is 82.1 Å². The number of rotatable bonds is 2. The molecule has 0 heterocycles. The second kappa shape index (κ2) is 2.73. The van der Waals surface area contributed by atoms with Crippen LogP contribution in [0.15, 0.2) is 0 Å². The summed E-state index contributed by atoms with van der Waals surface area (Å²) < 4.78 is 0. The van der Waals surface area contributed by atoms with Crippen LogP contribution in [-0.2, 0) is 0 Å². The minimum Gasteiger partial charge on any atom is -0.330 e. The predicted octanol–water partition coefficient (Wildman–Crippen LogP) is 2.80. The molecule has 2 aliphatic rings. The highest BCUT2D eigenvalue weighted by molar-refractivity contribution is 5.19. The van der Waals surface area contributed by atoms with Crippen molar-refractivity contribution in [1.82, 2.24) is 0 Å². The normalized spacial score (nSPS) is 47.1. The first-order chi connectivity index (χ1) is 6.08. The molecule has 13 heavy (non-hydrogen) atoms. The average Bonchev–Trinajstić information content (AvgIpc) is 2.49. The molecule has 1 nitrogen and oxygen atoms in total. The molecule has 1 spiro atoms. The van der Waals surface area contributed by atoms with Crippen LogP contribution >= 0.6 is 0 Å². The highest BCUT2D eigenvalue weighted by Gasteiger charge is 2.70. The molecule has 2 saturated carbocycles. The van der Waals surface area contributed by atoms with Crippen molar-refractivity contribution < 1.29 is 0 Å². The Kier molecular flexibility index (Phi) is 1.99. The summed E-state index contributed by atoms with van der Waals surface area (Å²) in [5, 5.41) is 0. The van der Waals surface area contributed by atoms with Crippen molar-refractivity contribution >= 4 is 0 Å². The lowest BCUT2D eigenvalue weighted by atomic mass is 9.92. The molecule has 0 amide bonds. The van der Waals surface area contributed by atoms with E-state index in [1.54, 1.807) is 0 Å². The maximum Gasteiger partial charge on any atom is -0.00380 e. The van der Waals surface area contributed by atoms with Gasteiger partial charge in [-0.3, -0.25) is 0 Å². The van der Waals surface area contributed by atoms with Crippen molar-refractivity contribution in [1.29, 1.82) is 0 Å². The van der Waals surface area contributed by atoms with Gasteiger partial charge in [0.15, 0.2) is 0 Å².